The van der Waals surface area contributed by atoms with Crippen LogP contribution in [0.15, 0.2) is 24.3 Å². The number of nitriles is 1. The molecule has 2 rings (SSSR count). The van der Waals surface area contributed by atoms with Crippen molar-refractivity contribution in [2.24, 2.45) is 0 Å². The molecule has 0 amide bonds. The van der Waals surface area contributed by atoms with Gasteiger partial charge in [-0.3, -0.25) is 0 Å². The molecule has 1 aromatic rings. The lowest BCUT2D eigenvalue weighted by Crippen LogP contribution is -2.47. The third-order valence-corrected chi connectivity index (χ3v) is 2.66. The summed E-state index contributed by atoms with van der Waals surface area (Å²) in [7, 11) is 0. The maximum Gasteiger partial charge on any atom is 0.0991 e. The summed E-state index contributed by atoms with van der Waals surface area (Å²) in [6.45, 7) is 1.96. The summed E-state index contributed by atoms with van der Waals surface area (Å²) in [4.78, 5) is 0. The van der Waals surface area contributed by atoms with Crippen molar-refractivity contribution in [2.45, 2.75) is 12.1 Å². The molecule has 1 saturated heterocycles. The Kier molecular flexibility index (Phi) is 3.52. The predicted molar refractivity (Wildman–Crippen MR) is 58.7 cm³/mol. The summed E-state index contributed by atoms with van der Waals surface area (Å²) in [6, 6.07) is 9.40. The number of hydrogen-bond donors (Lipinski definition) is 2. The highest BCUT2D eigenvalue weighted by Gasteiger charge is 2.18. The van der Waals surface area contributed by atoms with Crippen LogP contribution in [0, 0.1) is 11.3 Å². The molecule has 0 bridgehead atoms. The van der Waals surface area contributed by atoms with E-state index in [0.717, 1.165) is 18.8 Å². The predicted octanol–water partition coefficient (Wildman–Crippen LogP) is 0.580. The fraction of sp³-hybridized carbons (Fsp3) is 0.417. The summed E-state index contributed by atoms with van der Waals surface area (Å²) in [6.07, 6.45) is -0.534. The standard InChI is InChI=1S/C12H14N2O2/c13-5-9-1-3-10(4-2-9)12(15)6-14-11-7-16-8-11/h1-4,11-12,14-15H,6-8H2. The third-order valence-electron chi connectivity index (χ3n) is 2.66. The van der Waals surface area contributed by atoms with Crippen LogP contribution in [0.2, 0.25) is 0 Å². The van der Waals surface area contributed by atoms with Crippen LogP contribution in [-0.2, 0) is 4.74 Å². The summed E-state index contributed by atoms with van der Waals surface area (Å²) in [5.41, 5.74) is 1.43. The molecule has 2 N–H and O–H groups in total. The van der Waals surface area contributed by atoms with Gasteiger partial charge < -0.3 is 15.2 Å². The molecule has 1 aliphatic rings. The summed E-state index contributed by atoms with van der Waals surface area (Å²) in [5.74, 6) is 0. The SMILES string of the molecule is N#Cc1ccc(C(O)CNC2COC2)cc1. The highest BCUT2D eigenvalue weighted by atomic mass is 16.5. The van der Waals surface area contributed by atoms with Crippen molar-refractivity contribution in [3.05, 3.63) is 35.4 Å². The lowest BCUT2D eigenvalue weighted by Gasteiger charge is -2.28. The monoisotopic (exact) mass is 218 g/mol. The van der Waals surface area contributed by atoms with Gasteiger partial charge in [-0.05, 0) is 17.7 Å². The van der Waals surface area contributed by atoms with Crippen molar-refractivity contribution in [3.8, 4) is 6.07 Å². The lowest BCUT2D eigenvalue weighted by atomic mass is 10.1. The van der Waals surface area contributed by atoms with E-state index >= 15 is 0 Å². The van der Waals surface area contributed by atoms with Gasteiger partial charge in [-0.2, -0.15) is 5.26 Å². The largest absolute Gasteiger partial charge is 0.387 e. The smallest absolute Gasteiger partial charge is 0.0991 e. The summed E-state index contributed by atoms with van der Waals surface area (Å²) >= 11 is 0. The number of aliphatic hydroxyl groups is 1. The number of aliphatic hydroxyl groups excluding tert-OH is 1. The minimum atomic E-state index is -0.534. The average molecular weight is 218 g/mol. The van der Waals surface area contributed by atoms with Crippen LogP contribution in [-0.4, -0.2) is 30.9 Å². The topological polar surface area (TPSA) is 65.3 Å². The zero-order valence-electron chi connectivity index (χ0n) is 8.89. The first kappa shape index (κ1) is 11.1. The average Bonchev–Trinajstić information content (AvgIpc) is 2.27. The second-order valence-corrected chi connectivity index (χ2v) is 3.89. The molecule has 1 atom stereocenters. The Bertz CT molecular complexity index is 379. The van der Waals surface area contributed by atoms with Gasteiger partial charge >= 0.3 is 0 Å². The molecule has 0 saturated carbocycles. The van der Waals surface area contributed by atoms with Crippen molar-refractivity contribution >= 4 is 0 Å². The highest BCUT2D eigenvalue weighted by molar-refractivity contribution is 5.32. The molecule has 0 aliphatic carbocycles. The van der Waals surface area contributed by atoms with Crippen LogP contribution < -0.4 is 5.32 Å². The molecule has 84 valence electrons. The van der Waals surface area contributed by atoms with Crippen LogP contribution in [0.4, 0.5) is 0 Å². The molecule has 1 heterocycles. The van der Waals surface area contributed by atoms with Gasteiger partial charge in [0.05, 0.1) is 37.0 Å². The Labute approximate surface area is 94.5 Å². The van der Waals surface area contributed by atoms with Crippen molar-refractivity contribution in [2.75, 3.05) is 19.8 Å². The van der Waals surface area contributed by atoms with Crippen LogP contribution >= 0.6 is 0 Å². The third kappa shape index (κ3) is 2.58. The molecule has 0 radical (unpaired) electrons. The fourth-order valence-corrected chi connectivity index (χ4v) is 1.53. The Balaban J connectivity index is 1.87. The first-order valence-corrected chi connectivity index (χ1v) is 5.29. The van der Waals surface area contributed by atoms with E-state index in [2.05, 4.69) is 5.32 Å². The molecule has 1 fully saturated rings. The van der Waals surface area contributed by atoms with E-state index in [1.807, 2.05) is 6.07 Å². The number of rotatable bonds is 4. The number of benzene rings is 1. The van der Waals surface area contributed by atoms with E-state index in [9.17, 15) is 5.11 Å². The number of nitrogens with zero attached hydrogens (tertiary/aromatic N) is 1. The van der Waals surface area contributed by atoms with Gasteiger partial charge in [-0.1, -0.05) is 12.1 Å². The maximum atomic E-state index is 9.87. The van der Waals surface area contributed by atoms with E-state index in [-0.39, 0.29) is 0 Å². The Hall–Kier alpha value is -1.41. The van der Waals surface area contributed by atoms with Gasteiger partial charge in [0.15, 0.2) is 0 Å². The Morgan fingerprint density at radius 3 is 2.62 bits per heavy atom. The van der Waals surface area contributed by atoms with Gasteiger partial charge in [-0.15, -0.1) is 0 Å². The molecule has 4 heteroatoms. The van der Waals surface area contributed by atoms with Crippen molar-refractivity contribution in [1.82, 2.24) is 5.32 Å². The highest BCUT2D eigenvalue weighted by Crippen LogP contribution is 2.13. The molecule has 4 nitrogen and oxygen atoms in total. The van der Waals surface area contributed by atoms with E-state index in [1.54, 1.807) is 24.3 Å². The second-order valence-electron chi connectivity index (χ2n) is 3.89. The quantitative estimate of drug-likeness (QED) is 0.776. The second kappa shape index (κ2) is 5.08. The molecule has 0 spiro atoms. The van der Waals surface area contributed by atoms with Crippen molar-refractivity contribution < 1.29 is 9.84 Å². The first-order valence-electron chi connectivity index (χ1n) is 5.29. The van der Waals surface area contributed by atoms with Crippen LogP contribution in [0.1, 0.15) is 17.2 Å². The van der Waals surface area contributed by atoms with Gasteiger partial charge in [0.2, 0.25) is 0 Å². The number of ether oxygens (including phenoxy) is 1. The van der Waals surface area contributed by atoms with Gasteiger partial charge in [0.25, 0.3) is 0 Å². The Morgan fingerprint density at radius 2 is 2.12 bits per heavy atom. The molecule has 16 heavy (non-hydrogen) atoms. The van der Waals surface area contributed by atoms with Crippen LogP contribution in [0.3, 0.4) is 0 Å². The lowest BCUT2D eigenvalue weighted by molar-refractivity contribution is -0.00981. The number of nitrogens with one attached hydrogen (secondary N) is 1. The zero-order valence-corrected chi connectivity index (χ0v) is 8.89. The molecular formula is C12H14N2O2. The van der Waals surface area contributed by atoms with E-state index in [0.29, 0.717) is 18.2 Å². The number of hydrogen-bond acceptors (Lipinski definition) is 4. The maximum absolute atomic E-state index is 9.87. The molecule has 0 aromatic heterocycles. The van der Waals surface area contributed by atoms with Crippen molar-refractivity contribution in [3.63, 3.8) is 0 Å². The van der Waals surface area contributed by atoms with Gasteiger partial charge in [-0.25, -0.2) is 0 Å². The normalized spacial score (nSPS) is 17.5. The molecule has 1 aromatic carbocycles. The van der Waals surface area contributed by atoms with Gasteiger partial charge in [0.1, 0.15) is 0 Å². The molecule has 1 unspecified atom stereocenters. The minimum absolute atomic E-state index is 0.369. The summed E-state index contributed by atoms with van der Waals surface area (Å²) in [5, 5.41) is 21.7. The zero-order chi connectivity index (χ0) is 11.4. The van der Waals surface area contributed by atoms with E-state index < -0.39 is 6.10 Å². The molecule has 1 aliphatic heterocycles. The van der Waals surface area contributed by atoms with Crippen molar-refractivity contribution in [1.29, 1.82) is 5.26 Å². The molecular weight excluding hydrogens is 204 g/mol. The Morgan fingerprint density at radius 1 is 1.44 bits per heavy atom. The van der Waals surface area contributed by atoms with E-state index in [4.69, 9.17) is 10.00 Å². The minimum Gasteiger partial charge on any atom is -0.387 e. The summed E-state index contributed by atoms with van der Waals surface area (Å²) < 4.78 is 5.02. The van der Waals surface area contributed by atoms with E-state index in [1.165, 1.54) is 0 Å². The fourth-order valence-electron chi connectivity index (χ4n) is 1.53. The van der Waals surface area contributed by atoms with Crippen LogP contribution in [0.25, 0.3) is 0 Å². The first-order chi connectivity index (χ1) is 7.79. The van der Waals surface area contributed by atoms with Crippen LogP contribution in [0.5, 0.6) is 0 Å². The van der Waals surface area contributed by atoms with Gasteiger partial charge in [0, 0.05) is 6.54 Å².